The van der Waals surface area contributed by atoms with Gasteiger partial charge in [0.1, 0.15) is 5.75 Å². The summed E-state index contributed by atoms with van der Waals surface area (Å²) in [5.74, 6) is 1.02. The maximum absolute atomic E-state index is 11.8. The van der Waals surface area contributed by atoms with E-state index in [0.717, 1.165) is 24.3 Å². The Kier molecular flexibility index (Phi) is 5.71. The van der Waals surface area contributed by atoms with E-state index in [1.807, 2.05) is 31.2 Å². The van der Waals surface area contributed by atoms with Gasteiger partial charge in [-0.15, -0.1) is 0 Å². The van der Waals surface area contributed by atoms with Gasteiger partial charge in [0.25, 0.3) is 0 Å². The van der Waals surface area contributed by atoms with Crippen LogP contribution in [0.15, 0.2) is 24.3 Å². The molecular weight excluding hydrogens is 252 g/mol. The zero-order chi connectivity index (χ0) is 14.2. The largest absolute Gasteiger partial charge is 0.494 e. The Morgan fingerprint density at radius 2 is 1.95 bits per heavy atom. The standard InChI is InChI=1S/C16H24N2O2/c1-2-20-15-9-7-13(8-10-15)17-12-11-16(19)18-14-5-3-4-6-14/h7-10,14,17H,2-6,11-12H2,1H3,(H,18,19). The van der Waals surface area contributed by atoms with Crippen LogP contribution in [-0.4, -0.2) is 25.1 Å². The Bertz CT molecular complexity index is 411. The van der Waals surface area contributed by atoms with Crippen LogP contribution in [0.2, 0.25) is 0 Å². The number of hydrogen-bond donors (Lipinski definition) is 2. The molecule has 1 amide bonds. The average molecular weight is 276 g/mol. The topological polar surface area (TPSA) is 50.4 Å². The number of rotatable bonds is 7. The van der Waals surface area contributed by atoms with Crippen LogP contribution in [0.3, 0.4) is 0 Å². The second kappa shape index (κ2) is 7.78. The third-order valence-corrected chi connectivity index (χ3v) is 3.57. The Morgan fingerprint density at radius 1 is 1.25 bits per heavy atom. The third-order valence-electron chi connectivity index (χ3n) is 3.57. The highest BCUT2D eigenvalue weighted by molar-refractivity contribution is 5.76. The first-order valence-corrected chi connectivity index (χ1v) is 7.54. The number of anilines is 1. The van der Waals surface area contributed by atoms with Gasteiger partial charge in [-0.3, -0.25) is 4.79 Å². The summed E-state index contributed by atoms with van der Waals surface area (Å²) >= 11 is 0. The fourth-order valence-electron chi connectivity index (χ4n) is 2.53. The first-order chi connectivity index (χ1) is 9.78. The smallest absolute Gasteiger partial charge is 0.221 e. The third kappa shape index (κ3) is 4.76. The van der Waals surface area contributed by atoms with Crippen LogP contribution in [0, 0.1) is 0 Å². The molecular formula is C16H24N2O2. The van der Waals surface area contributed by atoms with Crippen LogP contribution in [0.25, 0.3) is 0 Å². The van der Waals surface area contributed by atoms with E-state index >= 15 is 0 Å². The molecule has 0 aromatic heterocycles. The fraction of sp³-hybridized carbons (Fsp3) is 0.562. The molecule has 1 aliphatic rings. The Labute approximate surface area is 120 Å². The van der Waals surface area contributed by atoms with Crippen LogP contribution < -0.4 is 15.4 Å². The first-order valence-electron chi connectivity index (χ1n) is 7.54. The van der Waals surface area contributed by atoms with Crippen molar-refractivity contribution in [1.82, 2.24) is 5.32 Å². The van der Waals surface area contributed by atoms with E-state index in [2.05, 4.69) is 10.6 Å². The maximum Gasteiger partial charge on any atom is 0.221 e. The van der Waals surface area contributed by atoms with Crippen molar-refractivity contribution < 1.29 is 9.53 Å². The molecule has 0 saturated heterocycles. The van der Waals surface area contributed by atoms with Crippen LogP contribution >= 0.6 is 0 Å². The van der Waals surface area contributed by atoms with Crippen molar-refractivity contribution in [2.24, 2.45) is 0 Å². The number of ether oxygens (including phenoxy) is 1. The minimum absolute atomic E-state index is 0.148. The molecule has 1 aromatic rings. The van der Waals surface area contributed by atoms with Crippen LogP contribution in [-0.2, 0) is 4.79 Å². The summed E-state index contributed by atoms with van der Waals surface area (Å²) < 4.78 is 5.39. The van der Waals surface area contributed by atoms with Gasteiger partial charge >= 0.3 is 0 Å². The molecule has 1 aliphatic carbocycles. The van der Waals surface area contributed by atoms with Gasteiger partial charge in [-0.25, -0.2) is 0 Å². The molecule has 0 unspecified atom stereocenters. The molecule has 1 saturated carbocycles. The van der Waals surface area contributed by atoms with Gasteiger partial charge in [-0.1, -0.05) is 12.8 Å². The van der Waals surface area contributed by atoms with E-state index in [-0.39, 0.29) is 5.91 Å². The first kappa shape index (κ1) is 14.7. The summed E-state index contributed by atoms with van der Waals surface area (Å²) in [5.41, 5.74) is 1.02. The lowest BCUT2D eigenvalue weighted by molar-refractivity contribution is -0.121. The fourth-order valence-corrected chi connectivity index (χ4v) is 2.53. The van der Waals surface area contributed by atoms with Crippen LogP contribution in [0.4, 0.5) is 5.69 Å². The minimum Gasteiger partial charge on any atom is -0.494 e. The second-order valence-corrected chi connectivity index (χ2v) is 5.18. The van der Waals surface area contributed by atoms with E-state index in [1.165, 1.54) is 12.8 Å². The zero-order valence-corrected chi connectivity index (χ0v) is 12.2. The highest BCUT2D eigenvalue weighted by Crippen LogP contribution is 2.18. The summed E-state index contributed by atoms with van der Waals surface area (Å²) in [6.45, 7) is 3.30. The monoisotopic (exact) mass is 276 g/mol. The van der Waals surface area contributed by atoms with Crippen molar-refractivity contribution in [3.05, 3.63) is 24.3 Å². The molecule has 0 radical (unpaired) electrons. The molecule has 0 aliphatic heterocycles. The molecule has 2 rings (SSSR count). The summed E-state index contributed by atoms with van der Waals surface area (Å²) in [5, 5.41) is 6.35. The van der Waals surface area contributed by atoms with Gasteiger partial charge in [0, 0.05) is 24.7 Å². The molecule has 2 N–H and O–H groups in total. The average Bonchev–Trinajstić information content (AvgIpc) is 2.94. The van der Waals surface area contributed by atoms with Gasteiger partial charge in [0.2, 0.25) is 5.91 Å². The van der Waals surface area contributed by atoms with Gasteiger partial charge < -0.3 is 15.4 Å². The molecule has 4 heteroatoms. The second-order valence-electron chi connectivity index (χ2n) is 5.18. The molecule has 4 nitrogen and oxygen atoms in total. The lowest BCUT2D eigenvalue weighted by atomic mass is 10.2. The predicted molar refractivity (Wildman–Crippen MR) is 81.1 cm³/mol. The van der Waals surface area contributed by atoms with E-state index < -0.39 is 0 Å². The summed E-state index contributed by atoms with van der Waals surface area (Å²) in [6, 6.07) is 8.22. The SMILES string of the molecule is CCOc1ccc(NCCC(=O)NC2CCCC2)cc1. The highest BCUT2D eigenvalue weighted by Gasteiger charge is 2.16. The van der Waals surface area contributed by atoms with Crippen molar-refractivity contribution in [3.63, 3.8) is 0 Å². The number of carbonyl (C=O) groups is 1. The molecule has 20 heavy (non-hydrogen) atoms. The number of amides is 1. The Morgan fingerprint density at radius 3 is 2.60 bits per heavy atom. The van der Waals surface area contributed by atoms with Crippen molar-refractivity contribution in [3.8, 4) is 5.75 Å². The van der Waals surface area contributed by atoms with Crippen molar-refractivity contribution >= 4 is 11.6 Å². The van der Waals surface area contributed by atoms with Crippen molar-refractivity contribution in [2.75, 3.05) is 18.5 Å². The maximum atomic E-state index is 11.8. The van der Waals surface area contributed by atoms with Crippen molar-refractivity contribution in [1.29, 1.82) is 0 Å². The number of nitrogens with one attached hydrogen (secondary N) is 2. The molecule has 110 valence electrons. The predicted octanol–water partition coefficient (Wildman–Crippen LogP) is 2.95. The molecule has 1 fully saturated rings. The lowest BCUT2D eigenvalue weighted by Crippen LogP contribution is -2.33. The molecule has 0 spiro atoms. The normalized spacial score (nSPS) is 15.1. The summed E-state index contributed by atoms with van der Waals surface area (Å²) in [6.07, 6.45) is 5.28. The minimum atomic E-state index is 0.148. The molecule has 1 aromatic carbocycles. The lowest BCUT2D eigenvalue weighted by Gasteiger charge is -2.12. The van der Waals surface area contributed by atoms with Gasteiger partial charge in [0.05, 0.1) is 6.61 Å². The number of benzene rings is 1. The Balaban J connectivity index is 1.65. The van der Waals surface area contributed by atoms with E-state index in [0.29, 0.717) is 25.6 Å². The Hall–Kier alpha value is -1.71. The van der Waals surface area contributed by atoms with Crippen LogP contribution in [0.1, 0.15) is 39.0 Å². The number of carbonyl (C=O) groups excluding carboxylic acids is 1. The summed E-state index contributed by atoms with van der Waals surface area (Å²) in [7, 11) is 0. The van der Waals surface area contributed by atoms with E-state index in [1.54, 1.807) is 0 Å². The van der Waals surface area contributed by atoms with Crippen LogP contribution in [0.5, 0.6) is 5.75 Å². The zero-order valence-electron chi connectivity index (χ0n) is 12.2. The molecule has 0 bridgehead atoms. The highest BCUT2D eigenvalue weighted by atomic mass is 16.5. The van der Waals surface area contributed by atoms with Gasteiger partial charge in [0.15, 0.2) is 0 Å². The van der Waals surface area contributed by atoms with E-state index in [4.69, 9.17) is 4.74 Å². The van der Waals surface area contributed by atoms with Crippen molar-refractivity contribution in [2.45, 2.75) is 45.1 Å². The van der Waals surface area contributed by atoms with Gasteiger partial charge in [-0.2, -0.15) is 0 Å². The summed E-state index contributed by atoms with van der Waals surface area (Å²) in [4.78, 5) is 11.8. The number of hydrogen-bond acceptors (Lipinski definition) is 3. The molecule has 0 heterocycles. The van der Waals surface area contributed by atoms with Gasteiger partial charge in [-0.05, 0) is 44.0 Å². The molecule has 0 atom stereocenters. The van der Waals surface area contributed by atoms with E-state index in [9.17, 15) is 4.79 Å². The quantitative estimate of drug-likeness (QED) is 0.805.